The number of thioether (sulfide) groups is 1. The van der Waals surface area contributed by atoms with E-state index in [0.29, 0.717) is 4.91 Å². The van der Waals surface area contributed by atoms with E-state index in [1.807, 2.05) is 32.1 Å². The summed E-state index contributed by atoms with van der Waals surface area (Å²) in [5, 5.41) is 0.900. The number of rotatable bonds is 5. The summed E-state index contributed by atoms with van der Waals surface area (Å²) in [5.41, 5.74) is 4.61. The van der Waals surface area contributed by atoms with Crippen molar-refractivity contribution in [3.8, 4) is 0 Å². The minimum Gasteiger partial charge on any atom is -0.342 e. The lowest BCUT2D eigenvalue weighted by molar-refractivity contribution is -0.123. The standard InChI is InChI=1S/C24H23BrN2O2S/c1-4-17-6-5-7-20-18(12-21-23(28)27(15(2)3)24(29)30-21)14-26(22(17)20)13-16-8-10-19(25)11-9-16/h5-12,14-15H,4,13H2,1-3H3/b21-12-. The van der Waals surface area contributed by atoms with Crippen molar-refractivity contribution >= 4 is 55.8 Å². The van der Waals surface area contributed by atoms with E-state index in [4.69, 9.17) is 0 Å². The second-order valence-electron chi connectivity index (χ2n) is 7.65. The molecule has 1 aromatic heterocycles. The zero-order valence-electron chi connectivity index (χ0n) is 17.2. The van der Waals surface area contributed by atoms with E-state index in [1.165, 1.54) is 21.5 Å². The second-order valence-corrected chi connectivity index (χ2v) is 9.56. The smallest absolute Gasteiger partial charge is 0.293 e. The molecule has 2 heterocycles. The molecule has 0 radical (unpaired) electrons. The molecule has 0 atom stereocenters. The molecule has 2 amide bonds. The normalized spacial score (nSPS) is 15.9. The minimum atomic E-state index is -0.208. The number of benzene rings is 2. The van der Waals surface area contributed by atoms with Crippen LogP contribution in [0.4, 0.5) is 4.79 Å². The van der Waals surface area contributed by atoms with Gasteiger partial charge in [0.05, 0.1) is 10.4 Å². The van der Waals surface area contributed by atoms with Crippen LogP contribution < -0.4 is 0 Å². The van der Waals surface area contributed by atoms with Crippen LogP contribution in [0.25, 0.3) is 17.0 Å². The first-order valence-electron chi connectivity index (χ1n) is 10.0. The van der Waals surface area contributed by atoms with Gasteiger partial charge in [-0.2, -0.15) is 0 Å². The van der Waals surface area contributed by atoms with Crippen LogP contribution in [-0.4, -0.2) is 26.7 Å². The van der Waals surface area contributed by atoms with Gasteiger partial charge >= 0.3 is 0 Å². The number of fused-ring (bicyclic) bond motifs is 1. The Morgan fingerprint density at radius 1 is 1.10 bits per heavy atom. The molecule has 1 aliphatic heterocycles. The highest BCUT2D eigenvalue weighted by atomic mass is 79.9. The van der Waals surface area contributed by atoms with E-state index in [0.717, 1.165) is 40.1 Å². The average molecular weight is 483 g/mol. The van der Waals surface area contributed by atoms with E-state index in [1.54, 1.807) is 0 Å². The Balaban J connectivity index is 1.80. The summed E-state index contributed by atoms with van der Waals surface area (Å²) in [4.78, 5) is 26.9. The summed E-state index contributed by atoms with van der Waals surface area (Å²) in [6.45, 7) is 6.61. The SMILES string of the molecule is CCc1cccc2c(/C=C3\SC(=O)N(C(C)C)C3=O)cn(Cc3ccc(Br)cc3)c12. The highest BCUT2D eigenvalue weighted by Gasteiger charge is 2.36. The maximum absolute atomic E-state index is 12.8. The number of imide groups is 1. The fourth-order valence-electron chi connectivity index (χ4n) is 3.84. The molecular weight excluding hydrogens is 460 g/mol. The van der Waals surface area contributed by atoms with Crippen LogP contribution in [0.1, 0.15) is 37.5 Å². The van der Waals surface area contributed by atoms with Gasteiger partial charge in [-0.05, 0) is 61.4 Å². The Labute approximate surface area is 189 Å². The molecule has 0 spiro atoms. The van der Waals surface area contributed by atoms with Gasteiger partial charge < -0.3 is 4.57 Å². The highest BCUT2D eigenvalue weighted by molar-refractivity contribution is 9.10. The molecule has 1 saturated heterocycles. The first kappa shape index (κ1) is 20.9. The molecule has 3 aromatic rings. The lowest BCUT2D eigenvalue weighted by Gasteiger charge is -2.16. The number of aromatic nitrogens is 1. The van der Waals surface area contributed by atoms with Crippen molar-refractivity contribution in [2.24, 2.45) is 0 Å². The van der Waals surface area contributed by atoms with Crippen molar-refractivity contribution in [1.29, 1.82) is 0 Å². The number of hydrogen-bond acceptors (Lipinski definition) is 3. The summed E-state index contributed by atoms with van der Waals surface area (Å²) >= 11 is 4.51. The molecule has 4 rings (SSSR count). The number of hydrogen-bond donors (Lipinski definition) is 0. The van der Waals surface area contributed by atoms with Gasteiger partial charge in [0.15, 0.2) is 0 Å². The van der Waals surface area contributed by atoms with Gasteiger partial charge in [0.2, 0.25) is 0 Å². The molecule has 0 aliphatic carbocycles. The molecule has 0 N–H and O–H groups in total. The first-order chi connectivity index (χ1) is 14.4. The van der Waals surface area contributed by atoms with Gasteiger partial charge in [0.1, 0.15) is 0 Å². The van der Waals surface area contributed by atoms with E-state index >= 15 is 0 Å². The largest absolute Gasteiger partial charge is 0.342 e. The van der Waals surface area contributed by atoms with Crippen LogP contribution in [0.2, 0.25) is 0 Å². The Morgan fingerprint density at radius 3 is 2.47 bits per heavy atom. The third kappa shape index (κ3) is 3.86. The molecule has 6 heteroatoms. The minimum absolute atomic E-state index is 0.145. The molecule has 0 saturated carbocycles. The number of carbonyl (C=O) groups is 2. The fraction of sp³-hybridized carbons (Fsp3) is 0.250. The van der Waals surface area contributed by atoms with E-state index < -0.39 is 0 Å². The number of para-hydroxylation sites is 1. The third-order valence-corrected chi connectivity index (χ3v) is 6.70. The van der Waals surface area contributed by atoms with Gasteiger partial charge in [-0.1, -0.05) is 53.2 Å². The second kappa shape index (κ2) is 8.44. The zero-order valence-corrected chi connectivity index (χ0v) is 19.6. The molecule has 1 fully saturated rings. The van der Waals surface area contributed by atoms with Gasteiger partial charge in [0, 0.05) is 34.2 Å². The van der Waals surface area contributed by atoms with Crippen LogP contribution in [0.15, 0.2) is 58.0 Å². The molecule has 2 aromatic carbocycles. The number of nitrogens with zero attached hydrogens (tertiary/aromatic N) is 2. The predicted octanol–water partition coefficient (Wildman–Crippen LogP) is 6.46. The van der Waals surface area contributed by atoms with Gasteiger partial charge in [-0.25, -0.2) is 0 Å². The third-order valence-electron chi connectivity index (χ3n) is 5.29. The number of aryl methyl sites for hydroxylation is 1. The lowest BCUT2D eigenvalue weighted by atomic mass is 10.1. The van der Waals surface area contributed by atoms with Crippen molar-refractivity contribution in [3.05, 3.63) is 74.7 Å². The Bertz CT molecular complexity index is 1160. The van der Waals surface area contributed by atoms with Crippen molar-refractivity contribution in [1.82, 2.24) is 9.47 Å². The Kier molecular flexibility index (Phi) is 5.89. The van der Waals surface area contributed by atoms with E-state index in [-0.39, 0.29) is 17.2 Å². The summed E-state index contributed by atoms with van der Waals surface area (Å²) in [6.07, 6.45) is 4.88. The number of halogens is 1. The molecule has 30 heavy (non-hydrogen) atoms. The van der Waals surface area contributed by atoms with Crippen molar-refractivity contribution in [2.45, 2.75) is 39.8 Å². The molecule has 154 valence electrons. The summed E-state index contributed by atoms with van der Waals surface area (Å²) in [6, 6.07) is 14.5. The van der Waals surface area contributed by atoms with E-state index in [9.17, 15) is 9.59 Å². The molecule has 4 nitrogen and oxygen atoms in total. The van der Waals surface area contributed by atoms with Crippen molar-refractivity contribution in [3.63, 3.8) is 0 Å². The topological polar surface area (TPSA) is 42.3 Å². The van der Waals surface area contributed by atoms with E-state index in [2.05, 4.69) is 63.9 Å². The monoisotopic (exact) mass is 482 g/mol. The van der Waals surface area contributed by atoms with Crippen molar-refractivity contribution in [2.75, 3.05) is 0 Å². The zero-order chi connectivity index (χ0) is 21.4. The van der Waals surface area contributed by atoms with Crippen molar-refractivity contribution < 1.29 is 9.59 Å². The van der Waals surface area contributed by atoms with Crippen LogP contribution in [-0.2, 0) is 17.8 Å². The van der Waals surface area contributed by atoms with Crippen LogP contribution in [0, 0.1) is 0 Å². The van der Waals surface area contributed by atoms with Crippen LogP contribution in [0.5, 0.6) is 0 Å². The molecule has 0 bridgehead atoms. The summed E-state index contributed by atoms with van der Waals surface area (Å²) < 4.78 is 3.30. The first-order valence-corrected chi connectivity index (χ1v) is 11.6. The predicted molar refractivity (Wildman–Crippen MR) is 128 cm³/mol. The maximum atomic E-state index is 12.8. The Hall–Kier alpha value is -2.31. The summed E-state index contributed by atoms with van der Waals surface area (Å²) in [7, 11) is 0. The molecular formula is C24H23BrN2O2S. The van der Waals surface area contributed by atoms with Crippen LogP contribution in [0.3, 0.4) is 0 Å². The van der Waals surface area contributed by atoms with Gasteiger partial charge in [0.25, 0.3) is 11.1 Å². The van der Waals surface area contributed by atoms with Crippen LogP contribution >= 0.6 is 27.7 Å². The molecule has 1 aliphatic rings. The Morgan fingerprint density at radius 2 is 1.83 bits per heavy atom. The summed E-state index contributed by atoms with van der Waals surface area (Å²) in [5.74, 6) is -0.208. The maximum Gasteiger partial charge on any atom is 0.293 e. The average Bonchev–Trinajstić information content (AvgIpc) is 3.20. The number of amides is 2. The van der Waals surface area contributed by atoms with Gasteiger partial charge in [-0.15, -0.1) is 0 Å². The quantitative estimate of drug-likeness (QED) is 0.391. The molecule has 0 unspecified atom stereocenters. The lowest BCUT2D eigenvalue weighted by Crippen LogP contribution is -2.34. The number of carbonyl (C=O) groups excluding carboxylic acids is 2. The fourth-order valence-corrected chi connectivity index (χ4v) is 5.06. The highest BCUT2D eigenvalue weighted by Crippen LogP contribution is 2.36. The van der Waals surface area contributed by atoms with Gasteiger partial charge in [-0.3, -0.25) is 14.5 Å².